The fourth-order valence-electron chi connectivity index (χ4n) is 2.06. The molecule has 0 amide bonds. The van der Waals surface area contributed by atoms with Gasteiger partial charge < -0.3 is 14.8 Å². The van der Waals surface area contributed by atoms with Crippen LogP contribution in [0.1, 0.15) is 0 Å². The lowest BCUT2D eigenvalue weighted by atomic mass is 10.2. The second kappa shape index (κ2) is 7.38. The Morgan fingerprint density at radius 2 is 1.83 bits per heavy atom. The van der Waals surface area contributed by atoms with Crippen LogP contribution in [0.2, 0.25) is 5.02 Å². The minimum Gasteiger partial charge on any atom is -0.493 e. The van der Waals surface area contributed by atoms with E-state index in [-0.39, 0.29) is 0 Å². The minimum atomic E-state index is 0.629. The fourth-order valence-corrected chi connectivity index (χ4v) is 3.24. The van der Waals surface area contributed by atoms with Crippen molar-refractivity contribution in [2.24, 2.45) is 0 Å². The molecule has 0 aliphatic carbocycles. The van der Waals surface area contributed by atoms with Crippen LogP contribution < -0.4 is 14.8 Å². The summed E-state index contributed by atoms with van der Waals surface area (Å²) in [6.07, 6.45) is 0. The molecule has 24 heavy (non-hydrogen) atoms. The number of hydrogen-bond acceptors (Lipinski definition) is 6. The van der Waals surface area contributed by atoms with Gasteiger partial charge in [0.1, 0.15) is 5.01 Å². The number of aromatic nitrogens is 2. The molecule has 8 heteroatoms. The first-order chi connectivity index (χ1) is 11.6. The molecule has 1 heterocycles. The molecule has 0 aliphatic rings. The summed E-state index contributed by atoms with van der Waals surface area (Å²) in [6.45, 7) is 0. The summed E-state index contributed by atoms with van der Waals surface area (Å²) in [5.74, 6) is 1.33. The van der Waals surface area contributed by atoms with Gasteiger partial charge in [-0.2, -0.15) is 0 Å². The maximum absolute atomic E-state index is 6.10. The molecular weight excluding hydrogens is 414 g/mol. The Labute approximate surface area is 156 Å². The average Bonchev–Trinajstić information content (AvgIpc) is 3.06. The number of nitrogens with one attached hydrogen (secondary N) is 1. The van der Waals surface area contributed by atoms with Crippen LogP contribution in [-0.4, -0.2) is 24.4 Å². The molecule has 3 rings (SSSR count). The molecule has 0 radical (unpaired) electrons. The maximum atomic E-state index is 6.10. The van der Waals surface area contributed by atoms with Gasteiger partial charge in [-0.15, -0.1) is 10.2 Å². The third kappa shape index (κ3) is 3.63. The number of nitrogens with zero attached hydrogens (tertiary/aromatic N) is 2. The van der Waals surface area contributed by atoms with Crippen molar-refractivity contribution in [2.45, 2.75) is 0 Å². The molecule has 1 N–H and O–H groups in total. The van der Waals surface area contributed by atoms with Gasteiger partial charge in [0.15, 0.2) is 11.5 Å². The Kier molecular flexibility index (Phi) is 5.23. The number of anilines is 2. The predicted molar refractivity (Wildman–Crippen MR) is 101 cm³/mol. The fraction of sp³-hybridized carbons (Fsp3) is 0.125. The second-order valence-electron chi connectivity index (χ2n) is 4.74. The van der Waals surface area contributed by atoms with Crippen molar-refractivity contribution >= 4 is 49.7 Å². The van der Waals surface area contributed by atoms with E-state index in [0.717, 1.165) is 20.7 Å². The van der Waals surface area contributed by atoms with Crippen molar-refractivity contribution in [2.75, 3.05) is 19.5 Å². The number of halogens is 2. The van der Waals surface area contributed by atoms with Gasteiger partial charge in [-0.3, -0.25) is 0 Å². The Bertz CT molecular complexity index is 872. The van der Waals surface area contributed by atoms with E-state index in [4.69, 9.17) is 21.1 Å². The summed E-state index contributed by atoms with van der Waals surface area (Å²) < 4.78 is 11.4. The first kappa shape index (κ1) is 17.0. The molecule has 0 saturated carbocycles. The van der Waals surface area contributed by atoms with Gasteiger partial charge in [0.05, 0.1) is 19.2 Å². The third-order valence-electron chi connectivity index (χ3n) is 3.23. The molecule has 2 aromatic carbocycles. The Morgan fingerprint density at radius 3 is 2.54 bits per heavy atom. The molecule has 1 aromatic heterocycles. The second-order valence-corrected chi connectivity index (χ2v) is 6.98. The number of hydrogen-bond donors (Lipinski definition) is 1. The van der Waals surface area contributed by atoms with Crippen molar-refractivity contribution in [1.82, 2.24) is 10.2 Å². The van der Waals surface area contributed by atoms with Gasteiger partial charge in [-0.25, -0.2) is 0 Å². The number of ether oxygens (including phenoxy) is 2. The van der Waals surface area contributed by atoms with Gasteiger partial charge in [-0.05, 0) is 52.3 Å². The molecule has 0 spiro atoms. The quantitative estimate of drug-likeness (QED) is 0.593. The van der Waals surface area contributed by atoms with E-state index in [2.05, 4.69) is 31.4 Å². The highest BCUT2D eigenvalue weighted by Crippen LogP contribution is 2.35. The lowest BCUT2D eigenvalue weighted by Gasteiger charge is -2.07. The molecular formula is C16H13BrClN3O2S. The van der Waals surface area contributed by atoms with E-state index in [1.165, 1.54) is 11.3 Å². The molecule has 5 nitrogen and oxygen atoms in total. The number of benzene rings is 2. The topological polar surface area (TPSA) is 56.3 Å². The zero-order chi connectivity index (χ0) is 17.1. The average molecular weight is 427 g/mol. The first-order valence-corrected chi connectivity index (χ1v) is 8.87. The highest BCUT2D eigenvalue weighted by molar-refractivity contribution is 9.10. The zero-order valence-electron chi connectivity index (χ0n) is 12.8. The maximum Gasteiger partial charge on any atom is 0.210 e. The molecule has 0 fully saturated rings. The summed E-state index contributed by atoms with van der Waals surface area (Å²) in [5, 5.41) is 13.7. The summed E-state index contributed by atoms with van der Waals surface area (Å²) in [4.78, 5) is 0. The summed E-state index contributed by atoms with van der Waals surface area (Å²) >= 11 is 10.9. The highest BCUT2D eigenvalue weighted by atomic mass is 79.9. The summed E-state index contributed by atoms with van der Waals surface area (Å²) in [6, 6.07) is 11.2. The lowest BCUT2D eigenvalue weighted by Crippen LogP contribution is -1.90. The summed E-state index contributed by atoms with van der Waals surface area (Å²) in [5.41, 5.74) is 1.75. The van der Waals surface area contributed by atoms with Crippen LogP contribution in [0.25, 0.3) is 10.6 Å². The molecule has 0 unspecified atom stereocenters. The molecule has 0 atom stereocenters. The Morgan fingerprint density at radius 1 is 1.04 bits per heavy atom. The number of rotatable bonds is 5. The molecule has 0 bridgehead atoms. The standard InChI is InChI=1S/C16H13BrClN3O2S/c1-22-13-6-3-9(7-14(13)23-2)15-20-21-16(24-15)19-10-4-5-11(17)12(18)8-10/h3-8H,1-2H3,(H,19,21). The third-order valence-corrected chi connectivity index (χ3v) is 5.35. The van der Waals surface area contributed by atoms with E-state index in [1.54, 1.807) is 14.2 Å². The van der Waals surface area contributed by atoms with Crippen LogP contribution >= 0.6 is 38.9 Å². The van der Waals surface area contributed by atoms with Gasteiger partial charge in [0, 0.05) is 15.7 Å². The van der Waals surface area contributed by atoms with E-state index >= 15 is 0 Å². The number of methoxy groups -OCH3 is 2. The van der Waals surface area contributed by atoms with Crippen molar-refractivity contribution in [3.63, 3.8) is 0 Å². The SMILES string of the molecule is COc1ccc(-c2nnc(Nc3ccc(Br)c(Cl)c3)s2)cc1OC. The van der Waals surface area contributed by atoms with E-state index in [0.29, 0.717) is 21.7 Å². The minimum absolute atomic E-state index is 0.629. The van der Waals surface area contributed by atoms with E-state index < -0.39 is 0 Å². The van der Waals surface area contributed by atoms with Gasteiger partial charge in [0.2, 0.25) is 5.13 Å². The normalized spacial score (nSPS) is 10.5. The molecule has 124 valence electrons. The van der Waals surface area contributed by atoms with Gasteiger partial charge in [-0.1, -0.05) is 22.9 Å². The molecule has 0 saturated heterocycles. The van der Waals surface area contributed by atoms with E-state index in [1.807, 2.05) is 36.4 Å². The first-order valence-electron chi connectivity index (χ1n) is 6.88. The smallest absolute Gasteiger partial charge is 0.210 e. The predicted octanol–water partition coefficient (Wildman–Crippen LogP) is 5.38. The van der Waals surface area contributed by atoms with Gasteiger partial charge in [0.25, 0.3) is 0 Å². The van der Waals surface area contributed by atoms with Crippen LogP contribution in [0, 0.1) is 0 Å². The Hall–Kier alpha value is -1.83. The largest absolute Gasteiger partial charge is 0.493 e. The van der Waals surface area contributed by atoms with Crippen molar-refractivity contribution in [3.8, 4) is 22.1 Å². The Balaban J connectivity index is 1.83. The van der Waals surface area contributed by atoms with Crippen molar-refractivity contribution in [3.05, 3.63) is 45.9 Å². The van der Waals surface area contributed by atoms with Crippen molar-refractivity contribution in [1.29, 1.82) is 0 Å². The lowest BCUT2D eigenvalue weighted by molar-refractivity contribution is 0.355. The van der Waals surface area contributed by atoms with Crippen LogP contribution in [0.3, 0.4) is 0 Å². The van der Waals surface area contributed by atoms with Crippen LogP contribution in [0.15, 0.2) is 40.9 Å². The van der Waals surface area contributed by atoms with Crippen LogP contribution in [0.5, 0.6) is 11.5 Å². The van der Waals surface area contributed by atoms with Crippen molar-refractivity contribution < 1.29 is 9.47 Å². The monoisotopic (exact) mass is 425 g/mol. The zero-order valence-corrected chi connectivity index (χ0v) is 16.0. The van der Waals surface area contributed by atoms with Crippen LogP contribution in [0.4, 0.5) is 10.8 Å². The van der Waals surface area contributed by atoms with Crippen LogP contribution in [-0.2, 0) is 0 Å². The van der Waals surface area contributed by atoms with Gasteiger partial charge >= 0.3 is 0 Å². The van der Waals surface area contributed by atoms with E-state index in [9.17, 15) is 0 Å². The molecule has 3 aromatic rings. The molecule has 0 aliphatic heterocycles. The summed E-state index contributed by atoms with van der Waals surface area (Å²) in [7, 11) is 3.21. The highest BCUT2D eigenvalue weighted by Gasteiger charge is 2.11.